The fraction of sp³-hybridized carbons (Fsp3) is 0.550. The monoisotopic (exact) mass is 1370 g/mol. The number of unbranched alkanes of at least 4 members (excludes halogenated alkanes) is 2. The predicted molar refractivity (Wildman–Crippen MR) is 345 cm³/mol. The van der Waals surface area contributed by atoms with Crippen LogP contribution in [-0.2, 0) is 66.5 Å². The minimum atomic E-state index is -5.01. The van der Waals surface area contributed by atoms with Crippen molar-refractivity contribution in [3.8, 4) is 11.5 Å². The molecule has 3 atom stereocenters. The van der Waals surface area contributed by atoms with E-state index in [4.69, 9.17) is 14.2 Å². The highest BCUT2D eigenvalue weighted by atomic mass is 32.2. The van der Waals surface area contributed by atoms with Crippen LogP contribution in [-0.4, -0.2) is 242 Å². The van der Waals surface area contributed by atoms with E-state index < -0.39 is 110 Å². The van der Waals surface area contributed by atoms with Crippen LogP contribution in [0.4, 0.5) is 19.1 Å². The Labute approximate surface area is 547 Å². The van der Waals surface area contributed by atoms with Crippen LogP contribution in [0.25, 0.3) is 6.08 Å². The number of nitrogens with zero attached hydrogens (tertiary/aromatic N) is 6. The molecule has 520 valence electrons. The second kappa shape index (κ2) is 34.0. The van der Waals surface area contributed by atoms with Gasteiger partial charge in [-0.25, -0.2) is 4.79 Å². The molecule has 5 rings (SSSR count). The maximum Gasteiger partial charge on any atom is 0.737 e. The molecule has 0 aliphatic carbocycles. The van der Waals surface area contributed by atoms with Crippen molar-refractivity contribution in [1.29, 1.82) is 0 Å². The number of likely N-dealkylation sites (N-methyl/N-ethyl adjacent to an activating group) is 1. The van der Waals surface area contributed by atoms with Gasteiger partial charge in [0.25, 0.3) is 25.9 Å². The Hall–Kier alpha value is -7.89. The summed E-state index contributed by atoms with van der Waals surface area (Å²) < 4.78 is 127. The molecule has 94 heavy (non-hydrogen) atoms. The van der Waals surface area contributed by atoms with E-state index in [0.717, 1.165) is 47.2 Å². The first-order valence-electron chi connectivity index (χ1n) is 30.6. The number of amides is 5. The van der Waals surface area contributed by atoms with Crippen LogP contribution in [0, 0.1) is 10.1 Å². The molecule has 0 bridgehead atoms. The molecule has 29 nitrogen and oxygen atoms in total. The van der Waals surface area contributed by atoms with Gasteiger partial charge in [0.2, 0.25) is 29.5 Å². The number of allylic oxidation sites excluding steroid dienone is 2. The molecule has 2 aromatic carbocycles. The Morgan fingerprint density at radius 1 is 0.745 bits per heavy atom. The van der Waals surface area contributed by atoms with Crippen molar-refractivity contribution < 1.29 is 101 Å². The van der Waals surface area contributed by atoms with Gasteiger partial charge in [-0.05, 0) is 88.1 Å². The average Bonchev–Trinajstić information content (AvgIpc) is 1.53. The lowest BCUT2D eigenvalue weighted by Gasteiger charge is -2.32. The molecule has 0 spiro atoms. The molecule has 0 saturated heterocycles. The Morgan fingerprint density at radius 3 is 1.96 bits per heavy atom. The molecule has 3 heterocycles. The van der Waals surface area contributed by atoms with E-state index in [-0.39, 0.29) is 67.7 Å². The molecule has 34 heteroatoms. The topological polar surface area (TPSA) is 363 Å². The minimum absolute atomic E-state index is 0.0201. The summed E-state index contributed by atoms with van der Waals surface area (Å²) in [4.78, 5) is 90.6. The number of rotatable bonds is 39. The third kappa shape index (κ3) is 24.2. The number of aryl methyl sites for hydroxylation is 2. The van der Waals surface area contributed by atoms with Crippen LogP contribution in [0.3, 0.4) is 0 Å². The van der Waals surface area contributed by atoms with Crippen molar-refractivity contribution in [1.82, 2.24) is 36.0 Å². The second-order valence-corrected chi connectivity index (χ2v) is 28.1. The van der Waals surface area contributed by atoms with Crippen molar-refractivity contribution in [3.05, 3.63) is 104 Å². The third-order valence-corrected chi connectivity index (χ3v) is 16.8. The van der Waals surface area contributed by atoms with E-state index in [1.807, 2.05) is 32.1 Å². The molecule has 0 saturated carbocycles. The lowest BCUT2D eigenvalue weighted by atomic mass is 9.88. The first kappa shape index (κ1) is 76.8. The molecular formula is C60H90BF2N11O18S2+2. The predicted octanol–water partition coefficient (Wildman–Crippen LogP) is 2.99. The van der Waals surface area contributed by atoms with E-state index >= 15 is 8.63 Å². The van der Waals surface area contributed by atoms with Crippen molar-refractivity contribution in [3.63, 3.8) is 0 Å². The van der Waals surface area contributed by atoms with E-state index in [1.54, 1.807) is 49.5 Å². The number of benzene rings is 2. The van der Waals surface area contributed by atoms with Crippen molar-refractivity contribution in [2.75, 3.05) is 127 Å². The van der Waals surface area contributed by atoms with Crippen LogP contribution < -0.4 is 36.1 Å². The molecule has 7 N–H and O–H groups in total. The second-order valence-electron chi connectivity index (χ2n) is 25.2. The van der Waals surface area contributed by atoms with Crippen LogP contribution in [0.2, 0.25) is 0 Å². The van der Waals surface area contributed by atoms with Crippen LogP contribution in [0.1, 0.15) is 92.5 Å². The summed E-state index contributed by atoms with van der Waals surface area (Å²) in [6.07, 6.45) is 4.94. The van der Waals surface area contributed by atoms with Gasteiger partial charge >= 0.3 is 13.1 Å². The highest BCUT2D eigenvalue weighted by molar-refractivity contribution is 7.86. The standard InChI is InChI=1S/C60H88BF2N11O18S2/c1-41(92-60(80)90-10)46-35-53(89-9)54(37-52(46)72(81)82)91-32-27-64-55(75)23-15-12-16-28-69(2)29-26-65-58(78)47(39-93(83,84)85)68-57(77)38-66-59(79)48(40-94(86,87)88)67-56(76)25-24-45-33-43(21-17-30-73(3,4)5)50-36-51-44(22-18-31-74(6,7)8)34-49(42-19-13-11-14-20-42)71(51)61(62,63)70(45)50/h11,13-14,19-20,33-37,41,47-48H,12,15-18,21-32,38-40H2,1-10H3,(H5-2,64,65,66,67,68,75,76,77,78,79,83,84,85,86,87,88)/p+2. The molecule has 3 aromatic rings. The van der Waals surface area contributed by atoms with E-state index in [1.165, 1.54) is 20.1 Å². The SMILES string of the molecule is COC(=O)OC(C)c1cc(OC)c(OCCNC(=O)CCCCCN(C)CCNC(=O)C(CS(=O)(=O)O)NC(=O)CNC(=O)C(CS(=O)(=O)O)NC(=O)CCc2cc(CCC[N+](C)(C)C)c3n2[B-](F)(F)[N+]2=C(c4ccccc4)C=C(CCC[N+](C)(C)C)C2=C3)cc1[N+](=O)[O-]. The van der Waals surface area contributed by atoms with Gasteiger partial charge in [-0.2, -0.15) is 16.8 Å². The lowest BCUT2D eigenvalue weighted by Crippen LogP contribution is -2.55. The number of methoxy groups -OCH3 is 2. The first-order chi connectivity index (χ1) is 43.9. The number of nitro groups is 1. The molecule has 5 amide bonds. The number of hydrogen-bond acceptors (Lipinski definition) is 17. The summed E-state index contributed by atoms with van der Waals surface area (Å²) in [7, 11) is 6.48. The van der Waals surface area contributed by atoms with Gasteiger partial charge in [-0.15, -0.1) is 0 Å². The number of nitro benzene ring substituents is 1. The van der Waals surface area contributed by atoms with Gasteiger partial charge in [0.1, 0.15) is 36.3 Å². The number of nitrogens with one attached hydrogen (secondary N) is 5. The highest BCUT2D eigenvalue weighted by Crippen LogP contribution is 2.41. The Balaban J connectivity index is 1.12. The third-order valence-electron chi connectivity index (χ3n) is 15.3. The van der Waals surface area contributed by atoms with Gasteiger partial charge < -0.3 is 77.0 Å². The van der Waals surface area contributed by atoms with Crippen LogP contribution in [0.5, 0.6) is 11.5 Å². The van der Waals surface area contributed by atoms with Gasteiger partial charge in [-0.1, -0.05) is 24.6 Å². The number of quaternary nitrogens is 2. The number of fused-ring (bicyclic) bond motifs is 2. The zero-order valence-corrected chi connectivity index (χ0v) is 56.5. The van der Waals surface area contributed by atoms with Crippen molar-refractivity contribution in [2.24, 2.45) is 0 Å². The smallest absolute Gasteiger partial charge is 0.493 e. The average molecular weight is 1370 g/mol. The largest absolute Gasteiger partial charge is 0.737 e. The zero-order valence-electron chi connectivity index (χ0n) is 54.9. The van der Waals surface area contributed by atoms with Gasteiger partial charge in [0, 0.05) is 67.8 Å². The summed E-state index contributed by atoms with van der Waals surface area (Å²) in [6, 6.07) is 8.99. The molecule has 2 aliphatic heterocycles. The summed E-state index contributed by atoms with van der Waals surface area (Å²) in [5.74, 6) is -7.29. The molecule has 1 aromatic heterocycles. The molecule has 0 radical (unpaired) electrons. The molecule has 3 unspecified atom stereocenters. The number of aromatic nitrogens is 1. The van der Waals surface area contributed by atoms with Crippen LogP contribution in [0.15, 0.2) is 65.9 Å². The molecule has 0 fully saturated rings. The quantitative estimate of drug-likeness (QED) is 0.00821. The highest BCUT2D eigenvalue weighted by Gasteiger charge is 2.55. The fourth-order valence-corrected chi connectivity index (χ4v) is 12.0. The Morgan fingerprint density at radius 2 is 1.36 bits per heavy atom. The lowest BCUT2D eigenvalue weighted by molar-refractivity contribution is -0.870. The van der Waals surface area contributed by atoms with E-state index in [9.17, 15) is 64.8 Å². The summed E-state index contributed by atoms with van der Waals surface area (Å²) in [5, 5.41) is 23.4. The summed E-state index contributed by atoms with van der Waals surface area (Å²) in [5.41, 5.74) is 2.71. The summed E-state index contributed by atoms with van der Waals surface area (Å²) in [6.45, 7) is -2.01. The number of carbonyl (C=O) groups is 6. The number of halogens is 2. The van der Waals surface area contributed by atoms with Crippen molar-refractivity contribution >= 4 is 80.4 Å². The number of ether oxygens (including phenoxy) is 4. The fourth-order valence-electron chi connectivity index (χ4n) is 10.7. The number of hydrogen-bond donors (Lipinski definition) is 7. The Bertz CT molecular complexity index is 3560. The molecule has 2 aliphatic rings. The normalized spacial score (nSPS) is 14.7. The zero-order chi connectivity index (χ0) is 69.9. The van der Waals surface area contributed by atoms with Crippen molar-refractivity contribution in [2.45, 2.75) is 89.3 Å². The summed E-state index contributed by atoms with van der Waals surface area (Å²) >= 11 is 0. The van der Waals surface area contributed by atoms with E-state index in [0.29, 0.717) is 82.3 Å². The van der Waals surface area contributed by atoms with Gasteiger partial charge in [-0.3, -0.25) is 43.2 Å². The maximum absolute atomic E-state index is 17.7. The van der Waals surface area contributed by atoms with Crippen LogP contribution >= 0.6 is 0 Å². The molecular weight excluding hydrogens is 1280 g/mol. The minimum Gasteiger partial charge on any atom is -0.493 e. The maximum atomic E-state index is 17.7. The Kier molecular flexibility index (Phi) is 27.8. The number of carbonyl (C=O) groups excluding carboxylic acids is 6. The van der Waals surface area contributed by atoms with E-state index in [2.05, 4.69) is 52.5 Å². The van der Waals surface area contributed by atoms with Gasteiger partial charge in [0.15, 0.2) is 22.9 Å². The van der Waals surface area contributed by atoms with Gasteiger partial charge in [0.05, 0.1) is 99.2 Å². The first-order valence-corrected chi connectivity index (χ1v) is 33.9.